The number of carbonyl (C=O) groups is 3. The van der Waals surface area contributed by atoms with E-state index in [4.69, 9.17) is 4.74 Å². The van der Waals surface area contributed by atoms with Crippen molar-refractivity contribution in [2.45, 2.75) is 96.9 Å². The summed E-state index contributed by atoms with van der Waals surface area (Å²) in [6, 6.07) is -0.0490. The summed E-state index contributed by atoms with van der Waals surface area (Å²) in [7, 11) is -3.21. The number of amides is 3. The second-order valence-electron chi connectivity index (χ2n) is 12.2. The minimum atomic E-state index is -3.21. The maximum Gasteiger partial charge on any atom is 0.410 e. The second kappa shape index (κ2) is 11.7. The van der Waals surface area contributed by atoms with Crippen LogP contribution in [0.1, 0.15) is 72.6 Å². The van der Waals surface area contributed by atoms with Crippen LogP contribution in [0.3, 0.4) is 0 Å². The Kier molecular flexibility index (Phi) is 8.96. The largest absolute Gasteiger partial charge is 0.447 e. The van der Waals surface area contributed by atoms with Gasteiger partial charge in [0, 0.05) is 51.6 Å². The first-order valence-corrected chi connectivity index (χ1v) is 16.2. The van der Waals surface area contributed by atoms with Crippen LogP contribution >= 0.6 is 0 Å². The molecule has 4 atom stereocenters. The predicted molar refractivity (Wildman–Crippen MR) is 144 cm³/mol. The third-order valence-electron chi connectivity index (χ3n) is 9.26. The van der Waals surface area contributed by atoms with Gasteiger partial charge in [0.1, 0.15) is 0 Å². The van der Waals surface area contributed by atoms with Crippen LogP contribution in [-0.4, -0.2) is 109 Å². The van der Waals surface area contributed by atoms with Crippen LogP contribution in [-0.2, 0) is 24.3 Å². The Bertz CT molecular complexity index is 988. The molecule has 2 heterocycles. The van der Waals surface area contributed by atoms with Crippen LogP contribution < -0.4 is 0 Å². The van der Waals surface area contributed by atoms with Gasteiger partial charge < -0.3 is 19.4 Å². The maximum atomic E-state index is 13.2. The molecule has 4 aliphatic rings. The number of rotatable bonds is 4. The molecular formula is C27H46N4O6S. The molecule has 10 nitrogen and oxygen atoms in total. The van der Waals surface area contributed by atoms with Crippen LogP contribution in [0, 0.1) is 17.8 Å². The zero-order valence-corrected chi connectivity index (χ0v) is 24.5. The van der Waals surface area contributed by atoms with Gasteiger partial charge in [-0.05, 0) is 77.6 Å². The Hall–Kier alpha value is -1.88. The molecule has 0 spiro atoms. The van der Waals surface area contributed by atoms with Crippen molar-refractivity contribution in [3.05, 3.63) is 0 Å². The highest BCUT2D eigenvalue weighted by Crippen LogP contribution is 2.44. The van der Waals surface area contributed by atoms with Crippen molar-refractivity contribution in [3.8, 4) is 0 Å². The van der Waals surface area contributed by atoms with Gasteiger partial charge in [-0.25, -0.2) is 13.2 Å². The molecule has 0 N–H and O–H groups in total. The number of nitrogens with zero attached hydrogens (tertiary/aromatic N) is 4. The molecule has 0 aromatic rings. The van der Waals surface area contributed by atoms with Crippen LogP contribution in [0.25, 0.3) is 0 Å². The summed E-state index contributed by atoms with van der Waals surface area (Å²) >= 11 is 0. The molecule has 0 bridgehead atoms. The summed E-state index contributed by atoms with van der Waals surface area (Å²) < 4.78 is 30.6. The summed E-state index contributed by atoms with van der Waals surface area (Å²) in [5.41, 5.74) is 0. The molecule has 4 fully saturated rings. The van der Waals surface area contributed by atoms with E-state index in [-0.39, 0.29) is 48.1 Å². The SMILES string of the molecule is CC(=O)N1C2CCC(C3CCC(C(=O)N4CCN(S(C)(=O)=O)CC4)CC3)CC2N(C(=O)OC(C)C)C[C@@H]1C. The van der Waals surface area contributed by atoms with Gasteiger partial charge in [0.25, 0.3) is 0 Å². The van der Waals surface area contributed by atoms with Gasteiger partial charge in [-0.3, -0.25) is 9.59 Å². The molecule has 2 saturated heterocycles. The van der Waals surface area contributed by atoms with Gasteiger partial charge in [-0.1, -0.05) is 0 Å². The van der Waals surface area contributed by atoms with Crippen molar-refractivity contribution in [1.82, 2.24) is 19.0 Å². The standard InChI is InChI=1S/C27H46N4O6S/c1-18(2)37-27(34)30-17-19(3)31(20(4)32)24-11-10-23(16-25(24)30)21-6-8-22(9-7-21)26(33)28-12-14-29(15-13-28)38(5,35)36/h18-19,21-25H,6-17H2,1-5H3/t19-,21?,22?,23?,24?,25?/m0/s1. The Labute approximate surface area is 228 Å². The van der Waals surface area contributed by atoms with E-state index < -0.39 is 10.0 Å². The molecule has 2 aliphatic heterocycles. The molecule has 216 valence electrons. The van der Waals surface area contributed by atoms with E-state index in [1.165, 1.54) is 10.6 Å². The summed E-state index contributed by atoms with van der Waals surface area (Å²) in [6.45, 7) is 9.52. The zero-order valence-electron chi connectivity index (χ0n) is 23.7. The lowest BCUT2D eigenvalue weighted by molar-refractivity contribution is -0.143. The fourth-order valence-electron chi connectivity index (χ4n) is 7.44. The average molecular weight is 555 g/mol. The van der Waals surface area contributed by atoms with Crippen LogP contribution in [0.15, 0.2) is 0 Å². The lowest BCUT2D eigenvalue weighted by atomic mass is 9.68. The van der Waals surface area contributed by atoms with E-state index in [1.807, 2.05) is 35.5 Å². The first-order valence-electron chi connectivity index (χ1n) is 14.4. The Morgan fingerprint density at radius 2 is 1.47 bits per heavy atom. The number of carbonyl (C=O) groups excluding carboxylic acids is 3. The van der Waals surface area contributed by atoms with E-state index in [2.05, 4.69) is 0 Å². The summed E-state index contributed by atoms with van der Waals surface area (Å²) in [6.07, 6.45) is 7.22. The summed E-state index contributed by atoms with van der Waals surface area (Å²) in [5, 5.41) is 0. The van der Waals surface area contributed by atoms with E-state index in [0.29, 0.717) is 44.6 Å². The van der Waals surface area contributed by atoms with Gasteiger partial charge in [0.15, 0.2) is 0 Å². The van der Waals surface area contributed by atoms with Crippen LogP contribution in [0.4, 0.5) is 4.79 Å². The molecule has 0 aromatic carbocycles. The minimum Gasteiger partial charge on any atom is -0.447 e. The average Bonchev–Trinajstić information content (AvgIpc) is 2.86. The van der Waals surface area contributed by atoms with Gasteiger partial charge in [-0.2, -0.15) is 4.31 Å². The topological polar surface area (TPSA) is 108 Å². The lowest BCUT2D eigenvalue weighted by Gasteiger charge is -2.54. The molecule has 11 heteroatoms. The van der Waals surface area contributed by atoms with Crippen molar-refractivity contribution in [2.24, 2.45) is 17.8 Å². The Balaban J connectivity index is 1.35. The lowest BCUT2D eigenvalue weighted by Crippen LogP contribution is -2.67. The van der Waals surface area contributed by atoms with E-state index in [0.717, 1.165) is 44.9 Å². The molecule has 3 amide bonds. The van der Waals surface area contributed by atoms with Crippen molar-refractivity contribution >= 4 is 27.9 Å². The summed E-state index contributed by atoms with van der Waals surface area (Å²) in [5.74, 6) is 1.21. The number of hydrogen-bond acceptors (Lipinski definition) is 6. The molecule has 38 heavy (non-hydrogen) atoms. The number of fused-ring (bicyclic) bond motifs is 1. The zero-order chi connectivity index (χ0) is 27.8. The third kappa shape index (κ3) is 6.29. The normalized spacial score (nSPS) is 33.2. The summed E-state index contributed by atoms with van der Waals surface area (Å²) in [4.78, 5) is 44.4. The quantitative estimate of drug-likeness (QED) is 0.529. The molecule has 2 saturated carbocycles. The second-order valence-corrected chi connectivity index (χ2v) is 14.1. The molecular weight excluding hydrogens is 508 g/mol. The van der Waals surface area contributed by atoms with Crippen molar-refractivity contribution in [1.29, 1.82) is 0 Å². The van der Waals surface area contributed by atoms with Crippen LogP contribution in [0.2, 0.25) is 0 Å². The van der Waals surface area contributed by atoms with Gasteiger partial charge >= 0.3 is 6.09 Å². The van der Waals surface area contributed by atoms with E-state index >= 15 is 0 Å². The van der Waals surface area contributed by atoms with Crippen molar-refractivity contribution < 1.29 is 27.5 Å². The predicted octanol–water partition coefficient (Wildman–Crippen LogP) is 2.53. The van der Waals surface area contributed by atoms with E-state index in [1.54, 1.807) is 6.92 Å². The number of hydrogen-bond donors (Lipinski definition) is 0. The highest BCUT2D eigenvalue weighted by Gasteiger charge is 2.48. The van der Waals surface area contributed by atoms with Crippen molar-refractivity contribution in [2.75, 3.05) is 39.0 Å². The van der Waals surface area contributed by atoms with Gasteiger partial charge in [-0.15, -0.1) is 0 Å². The molecule has 2 aliphatic carbocycles. The highest BCUT2D eigenvalue weighted by molar-refractivity contribution is 7.88. The van der Waals surface area contributed by atoms with Gasteiger partial charge in [0.05, 0.1) is 24.4 Å². The Morgan fingerprint density at radius 1 is 0.868 bits per heavy atom. The number of piperazine rings is 2. The maximum absolute atomic E-state index is 13.2. The molecule has 0 aromatic heterocycles. The Morgan fingerprint density at radius 3 is 2.03 bits per heavy atom. The number of sulfonamides is 1. The van der Waals surface area contributed by atoms with Crippen molar-refractivity contribution in [3.63, 3.8) is 0 Å². The molecule has 4 rings (SSSR count). The monoisotopic (exact) mass is 554 g/mol. The first-order chi connectivity index (χ1) is 17.9. The third-order valence-corrected chi connectivity index (χ3v) is 10.6. The smallest absolute Gasteiger partial charge is 0.410 e. The fourth-order valence-corrected chi connectivity index (χ4v) is 8.27. The number of ether oxygens (including phenoxy) is 1. The first kappa shape index (κ1) is 29.1. The minimum absolute atomic E-state index is 0.00799. The fraction of sp³-hybridized carbons (Fsp3) is 0.889. The highest BCUT2D eigenvalue weighted by atomic mass is 32.2. The van der Waals surface area contributed by atoms with Crippen LogP contribution in [0.5, 0.6) is 0 Å². The van der Waals surface area contributed by atoms with E-state index in [9.17, 15) is 22.8 Å². The van der Waals surface area contributed by atoms with Gasteiger partial charge in [0.2, 0.25) is 21.8 Å². The molecule has 3 unspecified atom stereocenters. The molecule has 0 radical (unpaired) electrons.